The number of nitrogens with one attached hydrogen (secondary N) is 1. The highest BCUT2D eigenvalue weighted by molar-refractivity contribution is 7.22. The van der Waals surface area contributed by atoms with Crippen molar-refractivity contribution in [3.05, 3.63) is 18.2 Å². The van der Waals surface area contributed by atoms with Crippen LogP contribution in [-0.4, -0.2) is 19.2 Å². The van der Waals surface area contributed by atoms with Gasteiger partial charge in [-0.25, -0.2) is 4.98 Å². The summed E-state index contributed by atoms with van der Waals surface area (Å²) in [4.78, 5) is 16.3. The summed E-state index contributed by atoms with van der Waals surface area (Å²) in [5.74, 6) is 1.19. The third-order valence-corrected chi connectivity index (χ3v) is 10.0. The van der Waals surface area contributed by atoms with Crippen molar-refractivity contribution in [2.45, 2.75) is 51.7 Å². The Morgan fingerprint density at radius 2 is 2.04 bits per heavy atom. The van der Waals surface area contributed by atoms with Gasteiger partial charge in [-0.05, 0) is 49.2 Å². The van der Waals surface area contributed by atoms with E-state index in [1.165, 1.54) is 11.3 Å². The van der Waals surface area contributed by atoms with Crippen LogP contribution in [0.2, 0.25) is 18.1 Å². The molecule has 0 saturated heterocycles. The first-order valence-corrected chi connectivity index (χ1v) is 11.8. The van der Waals surface area contributed by atoms with Crippen molar-refractivity contribution in [2.24, 2.45) is 5.92 Å². The summed E-state index contributed by atoms with van der Waals surface area (Å²) >= 11 is 1.51. The van der Waals surface area contributed by atoms with Crippen molar-refractivity contribution in [1.82, 2.24) is 4.98 Å². The lowest BCUT2D eigenvalue weighted by atomic mass is 10.2. The lowest BCUT2D eigenvalue weighted by Gasteiger charge is -2.36. The Morgan fingerprint density at radius 1 is 1.35 bits per heavy atom. The molecular formula is C17H24N2O2SSi. The standard InChI is InChI=1S/C17H24N2O2SSi/c1-17(2,3)23(4,5)21-12-8-9-13-14(10-12)22-16(18-13)19-15(20)11-6-7-11/h8-11H,6-7H2,1-5H3,(H,18,19,20). The zero-order chi connectivity index (χ0) is 16.8. The molecule has 0 aliphatic heterocycles. The topological polar surface area (TPSA) is 51.2 Å². The molecule has 1 aliphatic rings. The molecule has 124 valence electrons. The Bertz CT molecular complexity index is 745. The zero-order valence-corrected chi connectivity index (χ0v) is 16.2. The van der Waals surface area contributed by atoms with E-state index in [0.29, 0.717) is 5.13 Å². The lowest BCUT2D eigenvalue weighted by molar-refractivity contribution is -0.117. The van der Waals surface area contributed by atoms with E-state index in [1.807, 2.05) is 18.2 Å². The number of rotatable bonds is 4. The Morgan fingerprint density at radius 3 is 2.65 bits per heavy atom. The van der Waals surface area contributed by atoms with E-state index >= 15 is 0 Å². The molecule has 1 saturated carbocycles. The van der Waals surface area contributed by atoms with Crippen LogP contribution >= 0.6 is 11.3 Å². The van der Waals surface area contributed by atoms with Crippen molar-refractivity contribution in [2.75, 3.05) is 5.32 Å². The number of thiazole rings is 1. The van der Waals surface area contributed by atoms with Gasteiger partial charge in [0.2, 0.25) is 14.2 Å². The summed E-state index contributed by atoms with van der Waals surface area (Å²) in [6, 6.07) is 6.00. The number of carbonyl (C=O) groups excluding carboxylic acids is 1. The molecule has 1 aromatic heterocycles. The van der Waals surface area contributed by atoms with Gasteiger partial charge >= 0.3 is 0 Å². The van der Waals surface area contributed by atoms with Crippen LogP contribution in [0.1, 0.15) is 33.6 Å². The molecule has 23 heavy (non-hydrogen) atoms. The normalized spacial score (nSPS) is 15.7. The minimum atomic E-state index is -1.84. The Kier molecular flexibility index (Phi) is 4.00. The smallest absolute Gasteiger partial charge is 0.250 e. The van der Waals surface area contributed by atoms with Gasteiger partial charge in [-0.2, -0.15) is 0 Å². The second-order valence-corrected chi connectivity index (χ2v) is 13.5. The van der Waals surface area contributed by atoms with Gasteiger partial charge < -0.3 is 9.74 Å². The molecule has 3 rings (SSSR count). The number of aromatic nitrogens is 1. The maximum absolute atomic E-state index is 11.9. The molecule has 0 radical (unpaired) electrons. The number of hydrogen-bond donors (Lipinski definition) is 1. The van der Waals surface area contributed by atoms with Crippen LogP contribution in [0.25, 0.3) is 10.2 Å². The van der Waals surface area contributed by atoms with Crippen LogP contribution in [-0.2, 0) is 4.79 Å². The van der Waals surface area contributed by atoms with Gasteiger partial charge in [0.15, 0.2) is 5.13 Å². The summed E-state index contributed by atoms with van der Waals surface area (Å²) in [7, 11) is -1.84. The molecule has 1 N–H and O–H groups in total. The van der Waals surface area contributed by atoms with Gasteiger partial charge in [0, 0.05) is 5.92 Å². The van der Waals surface area contributed by atoms with Crippen molar-refractivity contribution in [3.8, 4) is 5.75 Å². The van der Waals surface area contributed by atoms with Gasteiger partial charge in [0.1, 0.15) is 5.75 Å². The zero-order valence-electron chi connectivity index (χ0n) is 14.4. The lowest BCUT2D eigenvalue weighted by Crippen LogP contribution is -2.43. The van der Waals surface area contributed by atoms with Crippen LogP contribution in [0.15, 0.2) is 18.2 Å². The molecule has 0 bridgehead atoms. The van der Waals surface area contributed by atoms with E-state index in [-0.39, 0.29) is 16.9 Å². The minimum absolute atomic E-state index is 0.0989. The fourth-order valence-corrected chi connectivity index (χ4v) is 3.94. The SMILES string of the molecule is CC(C)(C)[Si](C)(C)Oc1ccc2nc(NC(=O)C3CC3)sc2c1. The summed E-state index contributed by atoms with van der Waals surface area (Å²) in [5, 5.41) is 3.77. The second kappa shape index (κ2) is 5.60. The minimum Gasteiger partial charge on any atom is -0.543 e. The molecule has 1 aliphatic carbocycles. The molecule has 6 heteroatoms. The third kappa shape index (κ3) is 3.58. The highest BCUT2D eigenvalue weighted by Gasteiger charge is 2.39. The van der Waals surface area contributed by atoms with Crippen LogP contribution in [0.3, 0.4) is 0 Å². The average Bonchev–Trinajstić information content (AvgIpc) is 3.19. The van der Waals surface area contributed by atoms with Gasteiger partial charge in [0.25, 0.3) is 0 Å². The van der Waals surface area contributed by atoms with Crippen LogP contribution in [0.5, 0.6) is 5.75 Å². The van der Waals surface area contributed by atoms with E-state index in [2.05, 4.69) is 44.2 Å². The number of amides is 1. The largest absolute Gasteiger partial charge is 0.543 e. The first-order valence-electron chi connectivity index (χ1n) is 8.06. The molecule has 1 heterocycles. The van der Waals surface area contributed by atoms with E-state index in [9.17, 15) is 4.79 Å². The maximum Gasteiger partial charge on any atom is 0.250 e. The first kappa shape index (κ1) is 16.5. The molecule has 1 aromatic carbocycles. The van der Waals surface area contributed by atoms with Crippen molar-refractivity contribution in [3.63, 3.8) is 0 Å². The average molecular weight is 349 g/mol. The van der Waals surface area contributed by atoms with E-state index < -0.39 is 8.32 Å². The molecule has 0 spiro atoms. The molecule has 1 fully saturated rings. The fraction of sp³-hybridized carbons (Fsp3) is 0.529. The summed E-state index contributed by atoms with van der Waals surface area (Å²) in [6.45, 7) is 11.2. The number of carbonyl (C=O) groups is 1. The van der Waals surface area contributed by atoms with Gasteiger partial charge in [0.05, 0.1) is 10.2 Å². The molecule has 1 amide bonds. The van der Waals surface area contributed by atoms with Crippen molar-refractivity contribution >= 4 is 40.9 Å². The van der Waals surface area contributed by atoms with Gasteiger partial charge in [-0.1, -0.05) is 32.1 Å². The molecule has 0 unspecified atom stereocenters. The highest BCUT2D eigenvalue weighted by atomic mass is 32.1. The highest BCUT2D eigenvalue weighted by Crippen LogP contribution is 2.39. The number of fused-ring (bicyclic) bond motifs is 1. The van der Waals surface area contributed by atoms with E-state index in [0.717, 1.165) is 28.8 Å². The number of benzene rings is 1. The summed E-state index contributed by atoms with van der Waals surface area (Å²) < 4.78 is 7.39. The molecular weight excluding hydrogens is 324 g/mol. The molecule has 4 nitrogen and oxygen atoms in total. The Hall–Kier alpha value is -1.40. The molecule has 2 aromatic rings. The Labute approximate surface area is 142 Å². The van der Waals surface area contributed by atoms with Crippen LogP contribution in [0.4, 0.5) is 5.13 Å². The van der Waals surface area contributed by atoms with E-state index in [4.69, 9.17) is 4.43 Å². The second-order valence-electron chi connectivity index (χ2n) is 7.77. The van der Waals surface area contributed by atoms with Crippen LogP contribution in [0, 0.1) is 5.92 Å². The number of nitrogens with zero attached hydrogens (tertiary/aromatic N) is 1. The first-order chi connectivity index (χ1) is 10.7. The fourth-order valence-electron chi connectivity index (χ4n) is 2.02. The van der Waals surface area contributed by atoms with E-state index in [1.54, 1.807) is 0 Å². The Balaban J connectivity index is 1.80. The monoisotopic (exact) mass is 348 g/mol. The summed E-state index contributed by atoms with van der Waals surface area (Å²) in [5.41, 5.74) is 0.906. The maximum atomic E-state index is 11.9. The molecule has 0 atom stereocenters. The van der Waals surface area contributed by atoms with Crippen molar-refractivity contribution < 1.29 is 9.22 Å². The van der Waals surface area contributed by atoms with Crippen molar-refractivity contribution in [1.29, 1.82) is 0 Å². The van der Waals surface area contributed by atoms with Gasteiger partial charge in [-0.3, -0.25) is 4.79 Å². The predicted octanol–water partition coefficient (Wildman–Crippen LogP) is 5.03. The predicted molar refractivity (Wildman–Crippen MR) is 98.8 cm³/mol. The summed E-state index contributed by atoms with van der Waals surface area (Å²) in [6.07, 6.45) is 2.00. The quantitative estimate of drug-likeness (QED) is 0.789. The third-order valence-electron chi connectivity index (χ3n) is 4.72. The van der Waals surface area contributed by atoms with Crippen LogP contribution < -0.4 is 9.74 Å². The number of hydrogen-bond acceptors (Lipinski definition) is 4. The van der Waals surface area contributed by atoms with Gasteiger partial charge in [-0.15, -0.1) is 0 Å². The number of anilines is 1.